The number of esters is 1. The number of rotatable bonds is 2. The second-order valence-electron chi connectivity index (χ2n) is 4.81. The van der Waals surface area contributed by atoms with Gasteiger partial charge in [-0.2, -0.15) is 0 Å². The summed E-state index contributed by atoms with van der Waals surface area (Å²) in [5.41, 5.74) is 1.50. The van der Waals surface area contributed by atoms with Gasteiger partial charge in [-0.25, -0.2) is 0 Å². The Bertz CT molecular complexity index is 916. The van der Waals surface area contributed by atoms with E-state index in [-0.39, 0.29) is 5.75 Å². The average molecular weight is 314 g/mol. The van der Waals surface area contributed by atoms with Crippen LogP contribution in [0.4, 0.5) is 0 Å². The molecule has 5 heteroatoms. The minimum atomic E-state index is -0.552. The molecule has 3 aromatic rings. The zero-order valence-corrected chi connectivity index (χ0v) is 12.5. The molecular weight excluding hydrogens is 302 g/mol. The third kappa shape index (κ3) is 2.61. The zero-order chi connectivity index (χ0) is 15.7. The number of halogens is 1. The van der Waals surface area contributed by atoms with Crippen molar-refractivity contribution in [2.45, 2.75) is 6.92 Å². The molecule has 0 saturated heterocycles. The molecule has 2 aromatic carbocycles. The number of H-pyrrole nitrogens is 1. The second kappa shape index (κ2) is 5.66. The molecule has 22 heavy (non-hydrogen) atoms. The molecular formula is C17H12ClNO3. The SMILES string of the molecule is CC(=O)Oc1c(-c2ccccc2)c2cc(Cl)ccc2[nH]c1=O. The smallest absolute Gasteiger partial charge is 0.308 e. The standard InChI is InChI=1S/C17H12ClNO3/c1-10(20)22-16-15(11-5-3-2-4-6-11)13-9-12(18)7-8-14(13)19-17(16)21/h2-9H,1H3,(H,19,21). The van der Waals surface area contributed by atoms with Crippen molar-refractivity contribution in [1.82, 2.24) is 4.98 Å². The highest BCUT2D eigenvalue weighted by atomic mass is 35.5. The van der Waals surface area contributed by atoms with Gasteiger partial charge in [0.05, 0.1) is 0 Å². The van der Waals surface area contributed by atoms with E-state index in [0.717, 1.165) is 10.9 Å². The van der Waals surface area contributed by atoms with E-state index in [4.69, 9.17) is 16.3 Å². The Morgan fingerprint density at radius 1 is 1.14 bits per heavy atom. The maximum atomic E-state index is 12.3. The molecule has 0 aliphatic rings. The summed E-state index contributed by atoms with van der Waals surface area (Å²) in [6, 6.07) is 14.4. The number of fused-ring (bicyclic) bond motifs is 1. The number of carbonyl (C=O) groups excluding carboxylic acids is 1. The number of nitrogens with one attached hydrogen (secondary N) is 1. The predicted molar refractivity (Wildman–Crippen MR) is 86.3 cm³/mol. The Kier molecular flexibility index (Phi) is 3.69. The molecule has 0 fully saturated rings. The summed E-state index contributed by atoms with van der Waals surface area (Å²) in [4.78, 5) is 26.3. The fourth-order valence-corrected chi connectivity index (χ4v) is 2.55. The predicted octanol–water partition coefficient (Wildman–Crippen LogP) is 3.77. The molecule has 110 valence electrons. The molecule has 1 N–H and O–H groups in total. The molecule has 0 bridgehead atoms. The van der Waals surface area contributed by atoms with Gasteiger partial charge in [0, 0.05) is 28.4 Å². The Labute approximate surface area is 131 Å². The Balaban J connectivity index is 2.44. The summed E-state index contributed by atoms with van der Waals surface area (Å²) in [6.07, 6.45) is 0. The maximum Gasteiger partial charge on any atom is 0.308 e. The highest BCUT2D eigenvalue weighted by Crippen LogP contribution is 2.34. The summed E-state index contributed by atoms with van der Waals surface area (Å²) in [5.74, 6) is -0.572. The minimum absolute atomic E-state index is 0.0199. The van der Waals surface area contributed by atoms with E-state index in [2.05, 4.69) is 4.98 Å². The van der Waals surface area contributed by atoms with Gasteiger partial charge >= 0.3 is 5.97 Å². The van der Waals surface area contributed by atoms with Crippen LogP contribution in [-0.4, -0.2) is 11.0 Å². The van der Waals surface area contributed by atoms with Crippen LogP contribution in [0.2, 0.25) is 5.02 Å². The number of ether oxygens (including phenoxy) is 1. The van der Waals surface area contributed by atoms with Crippen LogP contribution in [0.5, 0.6) is 5.75 Å². The average Bonchev–Trinajstić information content (AvgIpc) is 2.49. The van der Waals surface area contributed by atoms with Crippen molar-refractivity contribution in [2.24, 2.45) is 0 Å². The van der Waals surface area contributed by atoms with Gasteiger partial charge in [-0.3, -0.25) is 9.59 Å². The van der Waals surface area contributed by atoms with Crippen molar-refractivity contribution in [3.8, 4) is 16.9 Å². The summed E-state index contributed by atoms with van der Waals surface area (Å²) >= 11 is 6.08. The van der Waals surface area contributed by atoms with Crippen molar-refractivity contribution in [2.75, 3.05) is 0 Å². The van der Waals surface area contributed by atoms with Crippen LogP contribution < -0.4 is 10.3 Å². The molecule has 0 spiro atoms. The first-order valence-corrected chi connectivity index (χ1v) is 7.03. The molecule has 1 heterocycles. The molecule has 1 aromatic heterocycles. The molecule has 3 rings (SSSR count). The third-order valence-corrected chi connectivity index (χ3v) is 3.48. The number of pyridine rings is 1. The number of hydrogen-bond acceptors (Lipinski definition) is 3. The molecule has 0 aliphatic heterocycles. The van der Waals surface area contributed by atoms with Crippen molar-refractivity contribution in [1.29, 1.82) is 0 Å². The summed E-state index contributed by atoms with van der Waals surface area (Å²) in [7, 11) is 0. The second-order valence-corrected chi connectivity index (χ2v) is 5.24. The lowest BCUT2D eigenvalue weighted by Crippen LogP contribution is -2.15. The van der Waals surface area contributed by atoms with Crippen molar-refractivity contribution >= 4 is 28.5 Å². The lowest BCUT2D eigenvalue weighted by molar-refractivity contribution is -0.131. The molecule has 4 nitrogen and oxygen atoms in total. The summed E-state index contributed by atoms with van der Waals surface area (Å²) < 4.78 is 5.15. The zero-order valence-electron chi connectivity index (χ0n) is 11.7. The molecule has 0 unspecified atom stereocenters. The van der Waals surface area contributed by atoms with Gasteiger partial charge < -0.3 is 9.72 Å². The van der Waals surface area contributed by atoms with Crippen LogP contribution in [-0.2, 0) is 4.79 Å². The van der Waals surface area contributed by atoms with E-state index in [9.17, 15) is 9.59 Å². The maximum absolute atomic E-state index is 12.3. The lowest BCUT2D eigenvalue weighted by Gasteiger charge is -2.12. The highest BCUT2D eigenvalue weighted by molar-refractivity contribution is 6.31. The van der Waals surface area contributed by atoms with Gasteiger partial charge in [-0.05, 0) is 23.8 Å². The van der Waals surface area contributed by atoms with Crippen molar-refractivity contribution < 1.29 is 9.53 Å². The van der Waals surface area contributed by atoms with E-state index < -0.39 is 11.5 Å². The molecule has 0 radical (unpaired) electrons. The van der Waals surface area contributed by atoms with E-state index in [1.54, 1.807) is 18.2 Å². The number of hydrogen-bond donors (Lipinski definition) is 1. The number of benzene rings is 2. The van der Waals surface area contributed by atoms with E-state index >= 15 is 0 Å². The van der Waals surface area contributed by atoms with E-state index in [1.807, 2.05) is 30.3 Å². The topological polar surface area (TPSA) is 59.2 Å². The first-order chi connectivity index (χ1) is 10.6. The first-order valence-electron chi connectivity index (χ1n) is 6.65. The van der Waals surface area contributed by atoms with Crippen LogP contribution in [0, 0.1) is 0 Å². The van der Waals surface area contributed by atoms with Crippen LogP contribution >= 0.6 is 11.6 Å². The molecule has 0 aliphatic carbocycles. The first kappa shape index (κ1) is 14.4. The number of carbonyl (C=O) groups is 1. The van der Waals surface area contributed by atoms with Crippen molar-refractivity contribution in [3.63, 3.8) is 0 Å². The fourth-order valence-electron chi connectivity index (χ4n) is 2.38. The largest absolute Gasteiger partial charge is 0.420 e. The van der Waals surface area contributed by atoms with Crippen LogP contribution in [0.25, 0.3) is 22.0 Å². The summed E-state index contributed by atoms with van der Waals surface area (Å²) in [6.45, 7) is 1.26. The normalized spacial score (nSPS) is 10.6. The monoisotopic (exact) mass is 313 g/mol. The molecule has 0 amide bonds. The minimum Gasteiger partial charge on any atom is -0.420 e. The molecule has 0 saturated carbocycles. The quantitative estimate of drug-likeness (QED) is 0.733. The Hall–Kier alpha value is -2.59. The van der Waals surface area contributed by atoms with Gasteiger partial charge in [0.25, 0.3) is 5.56 Å². The van der Waals surface area contributed by atoms with Gasteiger partial charge in [0.2, 0.25) is 5.75 Å². The van der Waals surface area contributed by atoms with Gasteiger partial charge in [-0.1, -0.05) is 41.9 Å². The molecule has 0 atom stereocenters. The van der Waals surface area contributed by atoms with E-state index in [0.29, 0.717) is 16.1 Å². The number of aromatic amines is 1. The Morgan fingerprint density at radius 3 is 2.55 bits per heavy atom. The third-order valence-electron chi connectivity index (χ3n) is 3.24. The van der Waals surface area contributed by atoms with Gasteiger partial charge in [0.1, 0.15) is 0 Å². The highest BCUT2D eigenvalue weighted by Gasteiger charge is 2.17. The van der Waals surface area contributed by atoms with Gasteiger partial charge in [-0.15, -0.1) is 0 Å². The van der Waals surface area contributed by atoms with E-state index in [1.165, 1.54) is 6.92 Å². The number of aromatic nitrogens is 1. The Morgan fingerprint density at radius 2 is 1.86 bits per heavy atom. The van der Waals surface area contributed by atoms with Crippen molar-refractivity contribution in [3.05, 3.63) is 63.9 Å². The van der Waals surface area contributed by atoms with Crippen LogP contribution in [0.3, 0.4) is 0 Å². The van der Waals surface area contributed by atoms with Gasteiger partial charge in [0.15, 0.2) is 0 Å². The van der Waals surface area contributed by atoms with Crippen LogP contribution in [0.15, 0.2) is 53.3 Å². The summed E-state index contributed by atoms with van der Waals surface area (Å²) in [5, 5.41) is 1.25. The fraction of sp³-hybridized carbons (Fsp3) is 0.0588. The van der Waals surface area contributed by atoms with Crippen LogP contribution in [0.1, 0.15) is 6.92 Å². The lowest BCUT2D eigenvalue weighted by atomic mass is 10.0.